The Hall–Kier alpha value is -2.81. The summed E-state index contributed by atoms with van der Waals surface area (Å²) >= 11 is 0. The van der Waals surface area contributed by atoms with Gasteiger partial charge in [-0.15, -0.1) is 0 Å². The quantitative estimate of drug-likeness (QED) is 0.553. The van der Waals surface area contributed by atoms with Crippen molar-refractivity contribution in [3.63, 3.8) is 0 Å². The fourth-order valence-corrected chi connectivity index (χ4v) is 2.50. The number of fused-ring (bicyclic) bond motifs is 1. The molecular weight excluding hydrogens is 272 g/mol. The summed E-state index contributed by atoms with van der Waals surface area (Å²) in [5.74, 6) is 0.990. The van der Waals surface area contributed by atoms with Gasteiger partial charge < -0.3 is 10.5 Å². The van der Waals surface area contributed by atoms with Gasteiger partial charge in [-0.25, -0.2) is 0 Å². The minimum absolute atomic E-state index is 0.171. The summed E-state index contributed by atoms with van der Waals surface area (Å²) in [6, 6.07) is 22.3. The van der Waals surface area contributed by atoms with Crippen LogP contribution in [0.1, 0.15) is 11.1 Å². The lowest BCUT2D eigenvalue weighted by Crippen LogP contribution is -2.12. The van der Waals surface area contributed by atoms with E-state index in [9.17, 15) is 0 Å². The minimum Gasteiger partial charge on any atom is -0.489 e. The summed E-state index contributed by atoms with van der Waals surface area (Å²) in [5, 5.41) is 9.75. The topological polar surface area (TPSA) is 59.1 Å². The van der Waals surface area contributed by atoms with Gasteiger partial charge in [0.25, 0.3) is 0 Å². The summed E-state index contributed by atoms with van der Waals surface area (Å²) in [5.41, 5.74) is 7.59. The van der Waals surface area contributed by atoms with E-state index in [2.05, 4.69) is 30.3 Å². The zero-order chi connectivity index (χ0) is 15.4. The zero-order valence-electron chi connectivity index (χ0n) is 12.3. The average Bonchev–Trinajstić information content (AvgIpc) is 2.54. The molecule has 3 rings (SSSR count). The maximum absolute atomic E-state index is 7.30. The third-order valence-corrected chi connectivity index (χ3v) is 3.59. The third-order valence-electron chi connectivity index (χ3n) is 3.59. The molecule has 3 aromatic rings. The monoisotopic (exact) mass is 290 g/mol. The van der Waals surface area contributed by atoms with Gasteiger partial charge in [0.2, 0.25) is 0 Å². The Balaban J connectivity index is 1.72. The lowest BCUT2D eigenvalue weighted by atomic mass is 10.1. The van der Waals surface area contributed by atoms with Crippen LogP contribution in [0.4, 0.5) is 0 Å². The van der Waals surface area contributed by atoms with Gasteiger partial charge in [0.15, 0.2) is 0 Å². The first-order chi connectivity index (χ1) is 10.7. The van der Waals surface area contributed by atoms with Crippen LogP contribution in [0.3, 0.4) is 0 Å². The SMILES string of the molecule is N=C(N)Cc1ccc(OCc2cccc3ccccc23)cc1. The molecule has 0 unspecified atom stereocenters. The van der Waals surface area contributed by atoms with Crippen LogP contribution < -0.4 is 10.5 Å². The van der Waals surface area contributed by atoms with Crippen molar-refractivity contribution in [3.05, 3.63) is 77.9 Å². The van der Waals surface area contributed by atoms with Crippen molar-refractivity contribution < 1.29 is 4.74 Å². The molecule has 0 heterocycles. The Morgan fingerprint density at radius 2 is 1.64 bits per heavy atom. The molecule has 0 radical (unpaired) electrons. The van der Waals surface area contributed by atoms with E-state index in [1.165, 1.54) is 16.3 Å². The van der Waals surface area contributed by atoms with Gasteiger partial charge in [0.1, 0.15) is 12.4 Å². The normalized spacial score (nSPS) is 10.5. The van der Waals surface area contributed by atoms with Gasteiger partial charge in [-0.2, -0.15) is 0 Å². The van der Waals surface area contributed by atoms with E-state index in [0.717, 1.165) is 11.3 Å². The molecule has 0 aliphatic carbocycles. The highest BCUT2D eigenvalue weighted by molar-refractivity contribution is 5.85. The summed E-state index contributed by atoms with van der Waals surface area (Å²) in [6.45, 7) is 0.535. The second kappa shape index (κ2) is 6.31. The third kappa shape index (κ3) is 3.26. The minimum atomic E-state index is 0.171. The smallest absolute Gasteiger partial charge is 0.119 e. The number of nitrogens with two attached hydrogens (primary N) is 1. The van der Waals surface area contributed by atoms with Crippen molar-refractivity contribution in [3.8, 4) is 5.75 Å². The first-order valence-electron chi connectivity index (χ1n) is 7.23. The highest BCUT2D eigenvalue weighted by Gasteiger charge is 2.02. The summed E-state index contributed by atoms with van der Waals surface area (Å²) in [6.07, 6.45) is 0.476. The van der Waals surface area contributed by atoms with Crippen molar-refractivity contribution in [1.29, 1.82) is 5.41 Å². The van der Waals surface area contributed by atoms with Gasteiger partial charge in [-0.1, -0.05) is 54.6 Å². The van der Waals surface area contributed by atoms with Crippen molar-refractivity contribution in [2.75, 3.05) is 0 Å². The maximum atomic E-state index is 7.30. The van der Waals surface area contributed by atoms with E-state index in [-0.39, 0.29) is 5.84 Å². The first-order valence-corrected chi connectivity index (χ1v) is 7.23. The van der Waals surface area contributed by atoms with Crippen LogP contribution in [-0.4, -0.2) is 5.84 Å². The van der Waals surface area contributed by atoms with Gasteiger partial charge in [0.05, 0.1) is 5.84 Å². The largest absolute Gasteiger partial charge is 0.489 e. The predicted molar refractivity (Wildman–Crippen MR) is 90.3 cm³/mol. The number of nitrogens with one attached hydrogen (secondary N) is 1. The molecule has 0 spiro atoms. The molecule has 0 aliphatic heterocycles. The second-order valence-corrected chi connectivity index (χ2v) is 5.27. The molecule has 0 amide bonds. The first kappa shape index (κ1) is 14.1. The number of amidine groups is 1. The van der Waals surface area contributed by atoms with E-state index in [1.807, 2.05) is 36.4 Å². The average molecular weight is 290 g/mol. The molecule has 3 nitrogen and oxygen atoms in total. The molecule has 3 aromatic carbocycles. The lowest BCUT2D eigenvalue weighted by molar-refractivity contribution is 0.307. The lowest BCUT2D eigenvalue weighted by Gasteiger charge is -2.09. The molecule has 0 saturated heterocycles. The number of hydrogen-bond acceptors (Lipinski definition) is 2. The van der Waals surface area contributed by atoms with Crippen molar-refractivity contribution >= 4 is 16.6 Å². The van der Waals surface area contributed by atoms with E-state index in [4.69, 9.17) is 15.9 Å². The Labute approximate surface area is 129 Å². The van der Waals surface area contributed by atoms with Crippen LogP contribution >= 0.6 is 0 Å². The Morgan fingerprint density at radius 1 is 0.909 bits per heavy atom. The highest BCUT2D eigenvalue weighted by Crippen LogP contribution is 2.21. The molecule has 0 aliphatic rings. The molecule has 0 aromatic heterocycles. The Bertz CT molecular complexity index is 789. The summed E-state index contributed by atoms with van der Waals surface area (Å²) in [4.78, 5) is 0. The van der Waals surface area contributed by atoms with Gasteiger partial charge >= 0.3 is 0 Å². The standard InChI is InChI=1S/C19H18N2O/c20-19(21)12-14-8-10-17(11-9-14)22-13-16-6-3-5-15-4-1-2-7-18(15)16/h1-11H,12-13H2,(H3,20,21). The van der Waals surface area contributed by atoms with Crippen LogP contribution in [0.25, 0.3) is 10.8 Å². The van der Waals surface area contributed by atoms with E-state index in [0.29, 0.717) is 13.0 Å². The molecule has 22 heavy (non-hydrogen) atoms. The van der Waals surface area contributed by atoms with Crippen LogP contribution in [-0.2, 0) is 13.0 Å². The van der Waals surface area contributed by atoms with E-state index < -0.39 is 0 Å². The van der Waals surface area contributed by atoms with Crippen LogP contribution in [0, 0.1) is 5.41 Å². The van der Waals surface area contributed by atoms with Crippen LogP contribution in [0.15, 0.2) is 66.7 Å². The van der Waals surface area contributed by atoms with Crippen LogP contribution in [0.2, 0.25) is 0 Å². The van der Waals surface area contributed by atoms with Gasteiger partial charge in [0, 0.05) is 6.42 Å². The van der Waals surface area contributed by atoms with Crippen molar-refractivity contribution in [2.24, 2.45) is 5.73 Å². The fourth-order valence-electron chi connectivity index (χ4n) is 2.50. The zero-order valence-corrected chi connectivity index (χ0v) is 12.3. The van der Waals surface area contributed by atoms with Crippen LogP contribution in [0.5, 0.6) is 5.75 Å². The molecule has 0 saturated carbocycles. The highest BCUT2D eigenvalue weighted by atomic mass is 16.5. The van der Waals surface area contributed by atoms with Gasteiger partial charge in [-0.3, -0.25) is 5.41 Å². The predicted octanol–water partition coefficient (Wildman–Crippen LogP) is 3.90. The fraction of sp³-hybridized carbons (Fsp3) is 0.105. The molecule has 0 atom stereocenters. The Morgan fingerprint density at radius 3 is 2.41 bits per heavy atom. The second-order valence-electron chi connectivity index (χ2n) is 5.27. The van der Waals surface area contributed by atoms with E-state index >= 15 is 0 Å². The molecular formula is C19H18N2O. The van der Waals surface area contributed by atoms with Crippen molar-refractivity contribution in [2.45, 2.75) is 13.0 Å². The number of benzene rings is 3. The molecule has 3 N–H and O–H groups in total. The molecule has 3 heteroatoms. The Kier molecular flexibility index (Phi) is 4.05. The summed E-state index contributed by atoms with van der Waals surface area (Å²) in [7, 11) is 0. The molecule has 110 valence electrons. The van der Waals surface area contributed by atoms with E-state index in [1.54, 1.807) is 0 Å². The summed E-state index contributed by atoms with van der Waals surface area (Å²) < 4.78 is 5.88. The molecule has 0 fully saturated rings. The van der Waals surface area contributed by atoms with Gasteiger partial charge in [-0.05, 0) is 34.0 Å². The maximum Gasteiger partial charge on any atom is 0.119 e. The number of ether oxygens (including phenoxy) is 1. The van der Waals surface area contributed by atoms with Crippen molar-refractivity contribution in [1.82, 2.24) is 0 Å². The number of rotatable bonds is 5. The molecule has 0 bridgehead atoms. The number of hydrogen-bond donors (Lipinski definition) is 2.